The Labute approximate surface area is 167 Å². The molecule has 0 saturated heterocycles. The van der Waals surface area contributed by atoms with Crippen molar-refractivity contribution in [3.8, 4) is 0 Å². The zero-order valence-electron chi connectivity index (χ0n) is 15.2. The van der Waals surface area contributed by atoms with Crippen molar-refractivity contribution in [3.63, 3.8) is 0 Å². The molecule has 0 radical (unpaired) electrons. The van der Waals surface area contributed by atoms with Crippen LogP contribution in [0.1, 0.15) is 41.0 Å². The lowest BCUT2D eigenvalue weighted by Crippen LogP contribution is -2.39. The van der Waals surface area contributed by atoms with Crippen molar-refractivity contribution in [1.29, 1.82) is 0 Å². The summed E-state index contributed by atoms with van der Waals surface area (Å²) < 4.78 is 39.2. The van der Waals surface area contributed by atoms with Crippen molar-refractivity contribution in [2.24, 2.45) is 0 Å². The van der Waals surface area contributed by atoms with Crippen LogP contribution >= 0.6 is 15.9 Å². The molecule has 1 amide bonds. The van der Waals surface area contributed by atoms with E-state index in [1.54, 1.807) is 0 Å². The van der Waals surface area contributed by atoms with E-state index in [0.29, 0.717) is 17.2 Å². The van der Waals surface area contributed by atoms with Crippen LogP contribution in [-0.2, 0) is 19.1 Å². The zero-order valence-corrected chi connectivity index (χ0v) is 16.7. The Balaban J connectivity index is 1.89. The van der Waals surface area contributed by atoms with Crippen molar-refractivity contribution in [1.82, 2.24) is 14.9 Å². The predicted octanol–water partition coefficient (Wildman–Crippen LogP) is 3.57. The quantitative estimate of drug-likeness (QED) is 0.736. The zero-order chi connectivity index (χ0) is 20.6. The monoisotopic (exact) mass is 458 g/mol. The van der Waals surface area contributed by atoms with Crippen LogP contribution in [0.4, 0.5) is 19.1 Å². The van der Waals surface area contributed by atoms with Gasteiger partial charge in [-0.25, -0.2) is 4.98 Å². The van der Waals surface area contributed by atoms with Gasteiger partial charge in [-0.3, -0.25) is 14.6 Å². The van der Waals surface area contributed by atoms with Crippen molar-refractivity contribution >= 4 is 27.8 Å². The third-order valence-corrected chi connectivity index (χ3v) is 5.00. The lowest BCUT2D eigenvalue weighted by Gasteiger charge is -2.28. The Morgan fingerprint density at radius 1 is 1.36 bits per heavy atom. The lowest BCUT2D eigenvalue weighted by atomic mass is 10.0. The number of hydrogen-bond acceptors (Lipinski definition) is 4. The summed E-state index contributed by atoms with van der Waals surface area (Å²) >= 11 is 2.87. The summed E-state index contributed by atoms with van der Waals surface area (Å²) in [5.74, 6) is -0.236. The summed E-state index contributed by atoms with van der Waals surface area (Å²) in [6.45, 7) is 4.06. The summed E-state index contributed by atoms with van der Waals surface area (Å²) in [6, 6.07) is 3.43. The van der Waals surface area contributed by atoms with Gasteiger partial charge in [0.15, 0.2) is 0 Å². The molecule has 0 saturated carbocycles. The van der Waals surface area contributed by atoms with Crippen molar-refractivity contribution in [2.45, 2.75) is 39.0 Å². The number of amides is 1. The third kappa shape index (κ3) is 4.21. The second-order valence-corrected chi connectivity index (χ2v) is 7.66. The van der Waals surface area contributed by atoms with E-state index in [9.17, 15) is 22.8 Å². The number of aromatic amines is 1. The first kappa shape index (κ1) is 20.4. The predicted molar refractivity (Wildman–Crippen MR) is 101 cm³/mol. The maximum atomic E-state index is 13.1. The molecule has 0 spiro atoms. The number of H-pyrrole nitrogens is 1. The van der Waals surface area contributed by atoms with Gasteiger partial charge in [0.1, 0.15) is 0 Å². The number of anilines is 1. The average Bonchev–Trinajstić information content (AvgIpc) is 2.59. The highest BCUT2D eigenvalue weighted by molar-refractivity contribution is 9.10. The highest BCUT2D eigenvalue weighted by Crippen LogP contribution is 2.35. The van der Waals surface area contributed by atoms with Crippen LogP contribution < -0.4 is 10.9 Å². The molecule has 2 N–H and O–H groups in total. The second kappa shape index (κ2) is 7.57. The molecule has 2 aromatic rings. The smallest absolute Gasteiger partial charge is 0.354 e. The molecule has 1 aliphatic rings. The summed E-state index contributed by atoms with van der Waals surface area (Å²) in [7, 11) is 0. The van der Waals surface area contributed by atoms with Gasteiger partial charge >= 0.3 is 6.18 Å². The SMILES string of the molecule is CC(C)Nc1nc2c(c(=O)[nH]1)CCN(C(=O)c1ccc(Br)c(C(F)(F)F)c1)C2. The maximum absolute atomic E-state index is 13.1. The van der Waals surface area contributed by atoms with E-state index >= 15 is 0 Å². The van der Waals surface area contributed by atoms with Crippen molar-refractivity contribution < 1.29 is 18.0 Å². The second-order valence-electron chi connectivity index (χ2n) is 6.81. The molecule has 0 aliphatic carbocycles. The van der Waals surface area contributed by atoms with Crippen LogP contribution in [0.3, 0.4) is 0 Å². The lowest BCUT2D eigenvalue weighted by molar-refractivity contribution is -0.138. The Hall–Kier alpha value is -2.36. The fourth-order valence-electron chi connectivity index (χ4n) is 3.01. The van der Waals surface area contributed by atoms with Gasteiger partial charge in [-0.1, -0.05) is 15.9 Å². The van der Waals surface area contributed by atoms with Gasteiger partial charge in [-0.2, -0.15) is 13.2 Å². The van der Waals surface area contributed by atoms with E-state index in [-0.39, 0.29) is 41.1 Å². The number of rotatable bonds is 3. The maximum Gasteiger partial charge on any atom is 0.417 e. The van der Waals surface area contributed by atoms with Crippen LogP contribution in [0.2, 0.25) is 0 Å². The number of aromatic nitrogens is 2. The number of nitrogens with one attached hydrogen (secondary N) is 2. The summed E-state index contributed by atoms with van der Waals surface area (Å²) in [6.07, 6.45) is -4.29. The molecular formula is C18H18BrF3N4O2. The number of hydrogen-bond donors (Lipinski definition) is 2. The summed E-state index contributed by atoms with van der Waals surface area (Å²) in [5, 5.41) is 3.00. The molecule has 1 aromatic heterocycles. The Morgan fingerprint density at radius 2 is 2.07 bits per heavy atom. The van der Waals surface area contributed by atoms with Crippen LogP contribution in [0, 0.1) is 0 Å². The fraction of sp³-hybridized carbons (Fsp3) is 0.389. The molecule has 1 aromatic carbocycles. The van der Waals surface area contributed by atoms with Gasteiger partial charge in [0.2, 0.25) is 5.95 Å². The molecule has 150 valence electrons. The minimum Gasteiger partial charge on any atom is -0.354 e. The van der Waals surface area contributed by atoms with Crippen LogP contribution in [0.25, 0.3) is 0 Å². The molecule has 0 atom stereocenters. The van der Waals surface area contributed by atoms with Crippen molar-refractivity contribution in [3.05, 3.63) is 55.4 Å². The van der Waals surface area contributed by atoms with E-state index in [0.717, 1.165) is 6.07 Å². The molecule has 3 rings (SSSR count). The Morgan fingerprint density at radius 3 is 2.71 bits per heavy atom. The first-order valence-electron chi connectivity index (χ1n) is 8.61. The minimum absolute atomic E-state index is 0.0473. The number of carbonyl (C=O) groups is 1. The van der Waals surface area contributed by atoms with Gasteiger partial charge < -0.3 is 10.2 Å². The largest absolute Gasteiger partial charge is 0.417 e. The third-order valence-electron chi connectivity index (χ3n) is 4.30. The highest BCUT2D eigenvalue weighted by atomic mass is 79.9. The van der Waals surface area contributed by atoms with Crippen molar-refractivity contribution in [2.75, 3.05) is 11.9 Å². The van der Waals surface area contributed by atoms with E-state index in [2.05, 4.69) is 31.2 Å². The Kier molecular flexibility index (Phi) is 5.51. The highest BCUT2D eigenvalue weighted by Gasteiger charge is 2.34. The topological polar surface area (TPSA) is 78.1 Å². The van der Waals surface area contributed by atoms with Crippen LogP contribution in [0.5, 0.6) is 0 Å². The normalized spacial score (nSPS) is 14.2. The summed E-state index contributed by atoms with van der Waals surface area (Å²) in [4.78, 5) is 33.4. The van der Waals surface area contributed by atoms with Gasteiger partial charge in [-0.15, -0.1) is 0 Å². The van der Waals surface area contributed by atoms with E-state index in [1.165, 1.54) is 17.0 Å². The standard InChI is InChI=1S/C18H18BrF3N4O2/c1-9(2)23-17-24-14-8-26(6-5-11(14)15(27)25-17)16(28)10-3-4-13(19)12(7-10)18(20,21)22/h3-4,7,9H,5-6,8H2,1-2H3,(H2,23,24,25,27). The van der Waals surface area contributed by atoms with Gasteiger partial charge in [-0.05, 0) is 38.5 Å². The van der Waals surface area contributed by atoms with E-state index < -0.39 is 17.6 Å². The molecular weight excluding hydrogens is 441 g/mol. The molecule has 1 aliphatic heterocycles. The first-order chi connectivity index (χ1) is 13.1. The number of carbonyl (C=O) groups excluding carboxylic acids is 1. The Bertz CT molecular complexity index is 972. The molecule has 0 unspecified atom stereocenters. The van der Waals surface area contributed by atoms with Gasteiger partial charge in [0.05, 0.1) is 17.8 Å². The average molecular weight is 459 g/mol. The number of fused-ring (bicyclic) bond motifs is 1. The van der Waals surface area contributed by atoms with E-state index in [1.807, 2.05) is 13.8 Å². The number of alkyl halides is 3. The first-order valence-corrected chi connectivity index (χ1v) is 9.40. The fourth-order valence-corrected chi connectivity index (χ4v) is 3.48. The molecule has 0 bridgehead atoms. The molecule has 10 heteroatoms. The number of nitrogens with zero attached hydrogens (tertiary/aromatic N) is 2. The van der Waals surface area contributed by atoms with Gasteiger partial charge in [0, 0.05) is 28.2 Å². The van der Waals surface area contributed by atoms with Crippen LogP contribution in [-0.4, -0.2) is 33.4 Å². The van der Waals surface area contributed by atoms with Gasteiger partial charge in [0.25, 0.3) is 11.5 Å². The minimum atomic E-state index is -4.57. The van der Waals surface area contributed by atoms with Crippen LogP contribution in [0.15, 0.2) is 27.5 Å². The molecule has 2 heterocycles. The molecule has 0 fully saturated rings. The number of halogens is 4. The number of benzene rings is 1. The molecule has 28 heavy (non-hydrogen) atoms. The summed E-state index contributed by atoms with van der Waals surface area (Å²) in [5.41, 5.74) is -0.314. The molecule has 6 nitrogen and oxygen atoms in total. The van der Waals surface area contributed by atoms with E-state index in [4.69, 9.17) is 0 Å².